The monoisotopic (exact) mass is 313 g/mol. The predicted octanol–water partition coefficient (Wildman–Crippen LogP) is 3.19. The summed E-state index contributed by atoms with van der Waals surface area (Å²) >= 11 is 3.34. The molecule has 4 heteroatoms. The van der Waals surface area contributed by atoms with Crippen molar-refractivity contribution in [3.63, 3.8) is 0 Å². The highest BCUT2D eigenvalue weighted by Crippen LogP contribution is 2.19. The van der Waals surface area contributed by atoms with Gasteiger partial charge in [-0.3, -0.25) is 4.79 Å². The van der Waals surface area contributed by atoms with Gasteiger partial charge in [0.15, 0.2) is 0 Å². The van der Waals surface area contributed by atoms with Crippen molar-refractivity contribution in [2.24, 2.45) is 0 Å². The van der Waals surface area contributed by atoms with Gasteiger partial charge in [0.2, 0.25) is 5.91 Å². The Morgan fingerprint density at radius 3 is 2.72 bits per heavy atom. The minimum Gasteiger partial charge on any atom is -0.352 e. The number of carbonyl (C=O) groups excluding carboxylic acids is 1. The van der Waals surface area contributed by atoms with Crippen LogP contribution < -0.4 is 5.32 Å². The molecule has 1 saturated carbocycles. The smallest absolute Gasteiger partial charge is 0.234 e. The van der Waals surface area contributed by atoms with Crippen LogP contribution in [-0.2, 0) is 11.2 Å². The van der Waals surface area contributed by atoms with Gasteiger partial charge in [-0.25, -0.2) is 4.39 Å². The van der Waals surface area contributed by atoms with E-state index < -0.39 is 0 Å². The van der Waals surface area contributed by atoms with Crippen molar-refractivity contribution >= 4 is 21.8 Å². The third-order valence-electron chi connectivity index (χ3n) is 3.34. The molecule has 2 nitrogen and oxygen atoms in total. The number of alkyl halides is 1. The van der Waals surface area contributed by atoms with Crippen LogP contribution in [0.5, 0.6) is 0 Å². The summed E-state index contributed by atoms with van der Waals surface area (Å²) in [5.74, 6) is -0.291. The van der Waals surface area contributed by atoms with Crippen LogP contribution in [0.2, 0.25) is 0 Å². The standard InChI is InChI=1S/C14H17BrFNO/c15-12(9-10-5-1-4-8-13(10)16)14(18)17-11-6-2-3-7-11/h1,4-5,8,11-12H,2-3,6-7,9H2,(H,17,18). The molecule has 0 aliphatic heterocycles. The maximum atomic E-state index is 13.5. The van der Waals surface area contributed by atoms with Gasteiger partial charge >= 0.3 is 0 Å². The van der Waals surface area contributed by atoms with Crippen molar-refractivity contribution in [3.05, 3.63) is 35.6 Å². The van der Waals surface area contributed by atoms with E-state index >= 15 is 0 Å². The predicted molar refractivity (Wildman–Crippen MR) is 73.2 cm³/mol. The van der Waals surface area contributed by atoms with Crippen molar-refractivity contribution < 1.29 is 9.18 Å². The Bertz CT molecular complexity index is 418. The molecule has 1 fully saturated rings. The molecule has 1 N–H and O–H groups in total. The second kappa shape index (κ2) is 6.32. The number of hydrogen-bond donors (Lipinski definition) is 1. The Kier molecular flexibility index (Phi) is 4.75. The molecule has 1 aliphatic rings. The molecule has 98 valence electrons. The average molecular weight is 314 g/mol. The summed E-state index contributed by atoms with van der Waals surface area (Å²) in [4.78, 5) is 11.6. The summed E-state index contributed by atoms with van der Waals surface area (Å²) in [5.41, 5.74) is 0.570. The Hall–Kier alpha value is -0.900. The van der Waals surface area contributed by atoms with Crippen LogP contribution in [-0.4, -0.2) is 16.8 Å². The highest BCUT2D eigenvalue weighted by molar-refractivity contribution is 9.10. The molecule has 1 aliphatic carbocycles. The van der Waals surface area contributed by atoms with Gasteiger partial charge in [-0.2, -0.15) is 0 Å². The molecule has 1 unspecified atom stereocenters. The second-order valence-electron chi connectivity index (χ2n) is 4.75. The zero-order valence-corrected chi connectivity index (χ0v) is 11.7. The molecule has 0 aromatic heterocycles. The van der Waals surface area contributed by atoms with Gasteiger partial charge in [0.25, 0.3) is 0 Å². The topological polar surface area (TPSA) is 29.1 Å². The first-order valence-corrected chi connectivity index (χ1v) is 7.26. The Morgan fingerprint density at radius 2 is 2.06 bits per heavy atom. The lowest BCUT2D eigenvalue weighted by Gasteiger charge is -2.15. The molecule has 18 heavy (non-hydrogen) atoms. The number of halogens is 2. The van der Waals surface area contributed by atoms with Crippen LogP contribution in [0.15, 0.2) is 24.3 Å². The maximum Gasteiger partial charge on any atom is 0.234 e. The molecule has 0 spiro atoms. The van der Waals surface area contributed by atoms with Crippen molar-refractivity contribution in [1.82, 2.24) is 5.32 Å². The number of hydrogen-bond acceptors (Lipinski definition) is 1. The molecule has 1 amide bonds. The van der Waals surface area contributed by atoms with Crippen LogP contribution in [0.4, 0.5) is 4.39 Å². The molecule has 1 atom stereocenters. The number of carbonyl (C=O) groups is 1. The quantitative estimate of drug-likeness (QED) is 0.850. The van der Waals surface area contributed by atoms with Gasteiger partial charge in [-0.15, -0.1) is 0 Å². The van der Waals surface area contributed by atoms with Crippen LogP contribution in [0.1, 0.15) is 31.2 Å². The fraction of sp³-hybridized carbons (Fsp3) is 0.500. The molecular formula is C14H17BrFNO. The first kappa shape index (κ1) is 13.5. The van der Waals surface area contributed by atoms with E-state index in [4.69, 9.17) is 0 Å². The van der Waals surface area contributed by atoms with Gasteiger partial charge in [-0.05, 0) is 30.9 Å². The van der Waals surface area contributed by atoms with E-state index in [1.807, 2.05) is 0 Å². The zero-order valence-electron chi connectivity index (χ0n) is 10.2. The third kappa shape index (κ3) is 3.55. The zero-order chi connectivity index (χ0) is 13.0. The maximum absolute atomic E-state index is 13.5. The van der Waals surface area contributed by atoms with Crippen molar-refractivity contribution in [2.75, 3.05) is 0 Å². The molecule has 2 rings (SSSR count). The first-order valence-electron chi connectivity index (χ1n) is 6.34. The first-order chi connectivity index (χ1) is 8.66. The van der Waals surface area contributed by atoms with Gasteiger partial charge < -0.3 is 5.32 Å². The van der Waals surface area contributed by atoms with Crippen LogP contribution in [0.25, 0.3) is 0 Å². The SMILES string of the molecule is O=C(NC1CCCC1)C(Br)Cc1ccccc1F. The normalized spacial score (nSPS) is 17.7. The minimum atomic E-state index is -0.366. The Labute approximate surface area is 115 Å². The lowest BCUT2D eigenvalue weighted by molar-refractivity contribution is -0.121. The lowest BCUT2D eigenvalue weighted by atomic mass is 10.1. The molecule has 0 saturated heterocycles. The van der Waals surface area contributed by atoms with E-state index in [0.717, 1.165) is 12.8 Å². The second-order valence-corrected chi connectivity index (χ2v) is 5.86. The fourth-order valence-corrected chi connectivity index (χ4v) is 2.79. The molecule has 1 aromatic carbocycles. The molecule has 0 heterocycles. The summed E-state index contributed by atoms with van der Waals surface area (Å²) < 4.78 is 13.5. The molecule has 1 aromatic rings. The van der Waals surface area contributed by atoms with E-state index in [0.29, 0.717) is 18.0 Å². The number of rotatable bonds is 4. The van der Waals surface area contributed by atoms with E-state index in [2.05, 4.69) is 21.2 Å². The summed E-state index contributed by atoms with van der Waals surface area (Å²) in [5, 5.41) is 3.01. The van der Waals surface area contributed by atoms with Gasteiger partial charge in [0, 0.05) is 6.04 Å². The summed E-state index contributed by atoms with van der Waals surface area (Å²) in [6.45, 7) is 0. The van der Waals surface area contributed by atoms with Crippen molar-refractivity contribution in [2.45, 2.75) is 43.0 Å². The van der Waals surface area contributed by atoms with Crippen molar-refractivity contribution in [3.8, 4) is 0 Å². The highest BCUT2D eigenvalue weighted by atomic mass is 79.9. The van der Waals surface area contributed by atoms with E-state index in [1.54, 1.807) is 18.2 Å². The summed E-state index contributed by atoms with van der Waals surface area (Å²) in [6, 6.07) is 6.88. The van der Waals surface area contributed by atoms with Crippen LogP contribution in [0.3, 0.4) is 0 Å². The summed E-state index contributed by atoms with van der Waals surface area (Å²) in [6.07, 6.45) is 4.87. The number of amides is 1. The number of benzene rings is 1. The van der Waals surface area contributed by atoms with Gasteiger partial charge in [0.05, 0.1) is 4.83 Å². The van der Waals surface area contributed by atoms with Gasteiger partial charge in [0.1, 0.15) is 5.82 Å². The largest absolute Gasteiger partial charge is 0.352 e. The van der Waals surface area contributed by atoms with E-state index in [-0.39, 0.29) is 16.6 Å². The van der Waals surface area contributed by atoms with E-state index in [9.17, 15) is 9.18 Å². The van der Waals surface area contributed by atoms with E-state index in [1.165, 1.54) is 18.9 Å². The Morgan fingerprint density at radius 1 is 1.39 bits per heavy atom. The lowest BCUT2D eigenvalue weighted by Crippen LogP contribution is -2.38. The number of nitrogens with one attached hydrogen (secondary N) is 1. The van der Waals surface area contributed by atoms with Crippen LogP contribution in [0, 0.1) is 5.82 Å². The van der Waals surface area contributed by atoms with Crippen molar-refractivity contribution in [1.29, 1.82) is 0 Å². The van der Waals surface area contributed by atoms with Crippen LogP contribution >= 0.6 is 15.9 Å². The average Bonchev–Trinajstić information content (AvgIpc) is 2.84. The Balaban J connectivity index is 1.89. The molecule has 0 bridgehead atoms. The van der Waals surface area contributed by atoms with Gasteiger partial charge in [-0.1, -0.05) is 47.0 Å². The highest BCUT2D eigenvalue weighted by Gasteiger charge is 2.22. The summed E-state index contributed by atoms with van der Waals surface area (Å²) in [7, 11) is 0. The third-order valence-corrected chi connectivity index (χ3v) is 4.08. The minimum absolute atomic E-state index is 0.0369. The molecule has 0 radical (unpaired) electrons. The molecular weight excluding hydrogens is 297 g/mol. The fourth-order valence-electron chi connectivity index (χ4n) is 2.31.